The highest BCUT2D eigenvalue weighted by Gasteiger charge is 2.43. The largest absolute Gasteiger partial charge is 0.497 e. The lowest BCUT2D eigenvalue weighted by Gasteiger charge is -2.31. The zero-order valence-corrected chi connectivity index (χ0v) is 15.9. The summed E-state index contributed by atoms with van der Waals surface area (Å²) in [6.07, 6.45) is 3.88. The molecule has 27 heavy (non-hydrogen) atoms. The van der Waals surface area contributed by atoms with Crippen LogP contribution in [-0.2, 0) is 11.3 Å². The molecule has 142 valence electrons. The molecule has 4 rings (SSSR count). The number of hydrogen-bond donors (Lipinski definition) is 1. The molecule has 2 saturated heterocycles. The monoisotopic (exact) mass is 364 g/mol. The number of rotatable bonds is 4. The van der Waals surface area contributed by atoms with E-state index in [4.69, 9.17) is 4.74 Å². The second-order valence-corrected chi connectivity index (χ2v) is 7.70. The number of ether oxygens (including phenoxy) is 1. The summed E-state index contributed by atoms with van der Waals surface area (Å²) >= 11 is 0. The zero-order valence-electron chi connectivity index (χ0n) is 15.9. The molecule has 2 heterocycles. The van der Waals surface area contributed by atoms with Gasteiger partial charge in [0, 0.05) is 31.5 Å². The topological polar surface area (TPSA) is 41.6 Å². The molecule has 0 bridgehead atoms. The van der Waals surface area contributed by atoms with Gasteiger partial charge in [-0.25, -0.2) is 0 Å². The maximum Gasteiger partial charge on any atom is 0.220 e. The minimum absolute atomic E-state index is 0.161. The Labute approximate surface area is 161 Å². The molecule has 4 nitrogen and oxygen atoms in total. The number of amides is 1. The highest BCUT2D eigenvalue weighted by molar-refractivity contribution is 5.76. The Balaban J connectivity index is 1.64. The number of carbonyl (C=O) groups excluding carboxylic acids is 1. The molecular weight excluding hydrogens is 336 g/mol. The lowest BCUT2D eigenvalue weighted by molar-refractivity contribution is -0.122. The quantitative estimate of drug-likeness (QED) is 0.899. The molecule has 0 aromatic heterocycles. The number of likely N-dealkylation sites (tertiary alicyclic amines) is 1. The summed E-state index contributed by atoms with van der Waals surface area (Å²) in [4.78, 5) is 15.0. The molecule has 2 aromatic rings. The van der Waals surface area contributed by atoms with E-state index in [0.717, 1.165) is 38.1 Å². The van der Waals surface area contributed by atoms with E-state index in [2.05, 4.69) is 52.7 Å². The van der Waals surface area contributed by atoms with Gasteiger partial charge < -0.3 is 10.1 Å². The number of benzene rings is 2. The van der Waals surface area contributed by atoms with Gasteiger partial charge in [0.25, 0.3) is 0 Å². The van der Waals surface area contributed by atoms with Crippen LogP contribution in [0, 0.1) is 0 Å². The Morgan fingerprint density at radius 2 is 1.96 bits per heavy atom. The molecule has 4 heteroatoms. The number of nitrogens with one attached hydrogen (secondary N) is 1. The molecular formula is C23H28N2O2. The fourth-order valence-corrected chi connectivity index (χ4v) is 4.64. The van der Waals surface area contributed by atoms with Crippen molar-refractivity contribution < 1.29 is 9.53 Å². The van der Waals surface area contributed by atoms with E-state index in [9.17, 15) is 4.79 Å². The normalized spacial score (nSPS) is 26.0. The first kappa shape index (κ1) is 18.1. The third-order valence-corrected chi connectivity index (χ3v) is 5.98. The van der Waals surface area contributed by atoms with E-state index in [1.54, 1.807) is 7.11 Å². The smallest absolute Gasteiger partial charge is 0.220 e. The average Bonchev–Trinajstić information content (AvgIpc) is 3.00. The van der Waals surface area contributed by atoms with Gasteiger partial charge in [0.05, 0.1) is 13.2 Å². The summed E-state index contributed by atoms with van der Waals surface area (Å²) in [7, 11) is 1.70. The molecule has 0 spiro atoms. The molecule has 2 aliphatic heterocycles. The lowest BCUT2D eigenvalue weighted by atomic mass is 9.88. The van der Waals surface area contributed by atoms with Crippen LogP contribution >= 0.6 is 0 Å². The molecule has 0 radical (unpaired) electrons. The van der Waals surface area contributed by atoms with E-state index in [0.29, 0.717) is 12.5 Å². The standard InChI is InChI=1S/C23H28N2O2/c1-27-19-11-7-10-18(14-19)20-16-25(15-17-8-3-2-4-9-17)21-12-5-6-13-22(26)24-23(20)21/h2-4,7-11,14,20-21,23H,5-6,12-13,15-16H2,1H3,(H,24,26)/t20-,21+,23-/m0/s1. The molecule has 2 aliphatic rings. The lowest BCUT2D eigenvalue weighted by Crippen LogP contribution is -2.47. The second-order valence-electron chi connectivity index (χ2n) is 7.70. The average molecular weight is 364 g/mol. The molecule has 1 N–H and O–H groups in total. The van der Waals surface area contributed by atoms with Crippen LogP contribution in [0.25, 0.3) is 0 Å². The summed E-state index contributed by atoms with van der Waals surface area (Å²) in [6, 6.07) is 19.5. The van der Waals surface area contributed by atoms with Crippen molar-refractivity contribution in [2.75, 3.05) is 13.7 Å². The Morgan fingerprint density at radius 3 is 2.78 bits per heavy atom. The van der Waals surface area contributed by atoms with Gasteiger partial charge in [0.2, 0.25) is 5.91 Å². The van der Waals surface area contributed by atoms with Crippen molar-refractivity contribution >= 4 is 5.91 Å². The Bertz CT molecular complexity index is 777. The van der Waals surface area contributed by atoms with Gasteiger partial charge in [-0.3, -0.25) is 9.69 Å². The van der Waals surface area contributed by atoms with Gasteiger partial charge in [-0.2, -0.15) is 0 Å². The van der Waals surface area contributed by atoms with Crippen molar-refractivity contribution in [3.63, 3.8) is 0 Å². The number of hydrogen-bond acceptors (Lipinski definition) is 3. The van der Waals surface area contributed by atoms with Crippen molar-refractivity contribution in [2.45, 2.75) is 50.2 Å². The van der Waals surface area contributed by atoms with Crippen LogP contribution < -0.4 is 10.1 Å². The first-order valence-corrected chi connectivity index (χ1v) is 9.96. The zero-order chi connectivity index (χ0) is 18.6. The SMILES string of the molecule is COc1cccc([C@@H]2CN(Cc3ccccc3)[C@@H]3CCCCC(=O)N[C@H]32)c1. The fourth-order valence-electron chi connectivity index (χ4n) is 4.64. The molecule has 0 aliphatic carbocycles. The van der Waals surface area contributed by atoms with Gasteiger partial charge in [-0.1, -0.05) is 48.9 Å². The van der Waals surface area contributed by atoms with Crippen molar-refractivity contribution in [1.29, 1.82) is 0 Å². The maximum atomic E-state index is 12.4. The van der Waals surface area contributed by atoms with Crippen LogP contribution in [0.5, 0.6) is 5.75 Å². The predicted octanol–water partition coefficient (Wildman–Crippen LogP) is 3.72. The molecule has 0 saturated carbocycles. The van der Waals surface area contributed by atoms with E-state index in [1.807, 2.05) is 12.1 Å². The summed E-state index contributed by atoms with van der Waals surface area (Å²) < 4.78 is 5.44. The van der Waals surface area contributed by atoms with Gasteiger partial charge >= 0.3 is 0 Å². The van der Waals surface area contributed by atoms with Crippen molar-refractivity contribution in [3.05, 3.63) is 65.7 Å². The highest BCUT2D eigenvalue weighted by atomic mass is 16.5. The van der Waals surface area contributed by atoms with Crippen molar-refractivity contribution in [1.82, 2.24) is 10.2 Å². The number of carbonyl (C=O) groups is 1. The Morgan fingerprint density at radius 1 is 1.11 bits per heavy atom. The van der Waals surface area contributed by atoms with Gasteiger partial charge in [0.1, 0.15) is 5.75 Å². The summed E-state index contributed by atoms with van der Waals surface area (Å²) in [5.41, 5.74) is 2.58. The number of methoxy groups -OCH3 is 1. The third-order valence-electron chi connectivity index (χ3n) is 5.98. The van der Waals surface area contributed by atoms with Crippen molar-refractivity contribution in [2.24, 2.45) is 0 Å². The van der Waals surface area contributed by atoms with Gasteiger partial charge in [-0.05, 0) is 36.1 Å². The summed E-state index contributed by atoms with van der Waals surface area (Å²) in [5.74, 6) is 1.36. The third kappa shape index (κ3) is 4.01. The summed E-state index contributed by atoms with van der Waals surface area (Å²) in [6.45, 7) is 1.88. The van der Waals surface area contributed by atoms with Crippen LogP contribution in [0.4, 0.5) is 0 Å². The Hall–Kier alpha value is -2.33. The van der Waals surface area contributed by atoms with Crippen LogP contribution in [0.15, 0.2) is 54.6 Å². The fraction of sp³-hybridized carbons (Fsp3) is 0.435. The number of fused-ring (bicyclic) bond motifs is 1. The molecule has 3 atom stereocenters. The number of nitrogens with zero attached hydrogens (tertiary/aromatic N) is 1. The van der Waals surface area contributed by atoms with E-state index < -0.39 is 0 Å². The van der Waals surface area contributed by atoms with Gasteiger partial charge in [-0.15, -0.1) is 0 Å². The predicted molar refractivity (Wildman–Crippen MR) is 107 cm³/mol. The maximum absolute atomic E-state index is 12.4. The molecule has 2 aromatic carbocycles. The van der Waals surface area contributed by atoms with E-state index >= 15 is 0 Å². The Kier molecular flexibility index (Phi) is 5.44. The van der Waals surface area contributed by atoms with Gasteiger partial charge in [0.15, 0.2) is 0 Å². The first-order valence-electron chi connectivity index (χ1n) is 9.96. The molecule has 1 amide bonds. The van der Waals surface area contributed by atoms with Crippen molar-refractivity contribution in [3.8, 4) is 5.75 Å². The second kappa shape index (κ2) is 8.13. The van der Waals surface area contributed by atoms with Crippen LogP contribution in [0.1, 0.15) is 42.7 Å². The highest BCUT2D eigenvalue weighted by Crippen LogP contribution is 2.37. The molecule has 0 unspecified atom stereocenters. The first-order chi connectivity index (χ1) is 13.2. The minimum Gasteiger partial charge on any atom is -0.497 e. The minimum atomic E-state index is 0.161. The van der Waals surface area contributed by atoms with E-state index in [-0.39, 0.29) is 17.9 Å². The van der Waals surface area contributed by atoms with Crippen LogP contribution in [0.3, 0.4) is 0 Å². The van der Waals surface area contributed by atoms with E-state index in [1.165, 1.54) is 11.1 Å². The van der Waals surface area contributed by atoms with Crippen LogP contribution in [0.2, 0.25) is 0 Å². The summed E-state index contributed by atoms with van der Waals surface area (Å²) in [5, 5.41) is 3.36. The molecule has 2 fully saturated rings. The van der Waals surface area contributed by atoms with Crippen LogP contribution in [-0.4, -0.2) is 36.5 Å².